The first-order valence-corrected chi connectivity index (χ1v) is 3.05. The normalized spacial score (nSPS) is 10.0. The van der Waals surface area contributed by atoms with E-state index >= 15 is 0 Å². The largest absolute Gasteiger partial charge is 0.165 e. The van der Waals surface area contributed by atoms with E-state index in [1.54, 1.807) is 0 Å². The minimum absolute atomic E-state index is 0.146. The van der Waals surface area contributed by atoms with Gasteiger partial charge in [-0.05, 0) is 0 Å². The molecular formula is C2H3Cl2FS. The maximum Gasteiger partial charge on any atom is 0.119 e. The Kier molecular flexibility index (Phi) is 4.61. The van der Waals surface area contributed by atoms with Crippen LogP contribution in [0.4, 0.5) is 3.89 Å². The molecule has 38 valence electrons. The molecule has 0 aromatic rings. The van der Waals surface area contributed by atoms with Crippen LogP contribution in [0.3, 0.4) is 0 Å². The van der Waals surface area contributed by atoms with E-state index in [4.69, 9.17) is 23.2 Å². The second kappa shape index (κ2) is 4.03. The fraction of sp³-hybridized carbons (Fsp3) is 1.00. The van der Waals surface area contributed by atoms with E-state index in [0.717, 1.165) is 0 Å². The predicted molar refractivity (Wildman–Crippen MR) is 29.1 cm³/mol. The number of rotatable bonds is 2. The molecule has 0 saturated carbocycles. The Hall–Kier alpha value is 0.860. The second-order valence-electron chi connectivity index (χ2n) is 0.667. The van der Waals surface area contributed by atoms with Gasteiger partial charge in [0.2, 0.25) is 0 Å². The van der Waals surface area contributed by atoms with Gasteiger partial charge in [0, 0.05) is 12.1 Å². The summed E-state index contributed by atoms with van der Waals surface area (Å²) >= 11 is 10.3. The van der Waals surface area contributed by atoms with Gasteiger partial charge in [-0.1, -0.05) is 0 Å². The van der Waals surface area contributed by atoms with Crippen LogP contribution in [0, 0.1) is 0 Å². The van der Waals surface area contributed by atoms with Crippen molar-refractivity contribution in [1.29, 1.82) is 0 Å². The number of hydrogen-bond acceptors (Lipinski definition) is 1. The topological polar surface area (TPSA) is 0 Å². The van der Waals surface area contributed by atoms with Crippen LogP contribution < -0.4 is 0 Å². The van der Waals surface area contributed by atoms with Gasteiger partial charge in [-0.2, -0.15) is 3.89 Å². The zero-order valence-electron chi connectivity index (χ0n) is 2.83. The van der Waals surface area contributed by atoms with E-state index in [-0.39, 0.29) is 17.9 Å². The van der Waals surface area contributed by atoms with Gasteiger partial charge < -0.3 is 0 Å². The standard InChI is InChI=1S/C2H3Cl2FS/c3-2(4)1-6-5/h2H,1H2. The van der Waals surface area contributed by atoms with Crippen LogP contribution in [0.15, 0.2) is 0 Å². The van der Waals surface area contributed by atoms with E-state index in [1.165, 1.54) is 0 Å². The molecule has 0 aromatic heterocycles. The minimum Gasteiger partial charge on any atom is -0.165 e. The summed E-state index contributed by atoms with van der Waals surface area (Å²) in [6.07, 6.45) is 0. The van der Waals surface area contributed by atoms with Gasteiger partial charge in [0.05, 0.1) is 5.75 Å². The highest BCUT2D eigenvalue weighted by atomic mass is 35.5. The van der Waals surface area contributed by atoms with Crippen molar-refractivity contribution in [3.05, 3.63) is 0 Å². The van der Waals surface area contributed by atoms with Gasteiger partial charge in [-0.3, -0.25) is 0 Å². The third-order valence-corrected chi connectivity index (χ3v) is 1.32. The molecule has 0 fully saturated rings. The Morgan fingerprint density at radius 2 is 2.17 bits per heavy atom. The lowest BCUT2D eigenvalue weighted by Crippen LogP contribution is -1.85. The van der Waals surface area contributed by atoms with Crippen LogP contribution in [0.5, 0.6) is 0 Å². The fourth-order valence-corrected chi connectivity index (χ4v) is 0.429. The molecule has 0 saturated heterocycles. The molecule has 0 bridgehead atoms. The first-order valence-electron chi connectivity index (χ1n) is 1.29. The Morgan fingerprint density at radius 1 is 1.67 bits per heavy atom. The maximum absolute atomic E-state index is 11.0. The molecule has 0 aromatic carbocycles. The number of halogens is 3. The summed E-state index contributed by atoms with van der Waals surface area (Å²) in [7, 11) is 0. The highest BCUT2D eigenvalue weighted by molar-refractivity contribution is 7.94. The van der Waals surface area contributed by atoms with Crippen LogP contribution in [-0.4, -0.2) is 10.6 Å². The molecule has 0 heterocycles. The molecule has 0 aliphatic rings. The van der Waals surface area contributed by atoms with Crippen LogP contribution in [0.2, 0.25) is 0 Å². The van der Waals surface area contributed by atoms with Crippen molar-refractivity contribution in [2.45, 2.75) is 4.84 Å². The first kappa shape index (κ1) is 6.86. The highest BCUT2D eigenvalue weighted by Crippen LogP contribution is 2.10. The monoisotopic (exact) mass is 148 g/mol. The third-order valence-electron chi connectivity index (χ3n) is 0.189. The lowest BCUT2D eigenvalue weighted by Gasteiger charge is -1.87. The van der Waals surface area contributed by atoms with Gasteiger partial charge in [0.1, 0.15) is 4.84 Å². The minimum atomic E-state index is -0.569. The summed E-state index contributed by atoms with van der Waals surface area (Å²) in [5.41, 5.74) is 0. The molecule has 0 aliphatic carbocycles. The van der Waals surface area contributed by atoms with Crippen LogP contribution in [0.25, 0.3) is 0 Å². The molecule has 0 rings (SSSR count). The lowest BCUT2D eigenvalue weighted by atomic mass is 10.9. The molecular weight excluding hydrogens is 146 g/mol. The van der Waals surface area contributed by atoms with Crippen molar-refractivity contribution in [2.24, 2.45) is 0 Å². The molecule has 0 atom stereocenters. The number of hydrogen-bond donors (Lipinski definition) is 0. The second-order valence-corrected chi connectivity index (χ2v) is 2.50. The molecule has 0 radical (unpaired) electrons. The Labute approximate surface area is 50.3 Å². The van der Waals surface area contributed by atoms with Gasteiger partial charge in [0.15, 0.2) is 0 Å². The van der Waals surface area contributed by atoms with Crippen molar-refractivity contribution >= 4 is 35.3 Å². The summed E-state index contributed by atoms with van der Waals surface area (Å²) in [4.78, 5) is -0.569. The van der Waals surface area contributed by atoms with Crippen molar-refractivity contribution in [1.82, 2.24) is 0 Å². The highest BCUT2D eigenvalue weighted by Gasteiger charge is 1.94. The van der Waals surface area contributed by atoms with E-state index < -0.39 is 4.84 Å². The fourth-order valence-electron chi connectivity index (χ4n) is 0.0476. The maximum atomic E-state index is 11.0. The average molecular weight is 149 g/mol. The molecule has 6 heavy (non-hydrogen) atoms. The van der Waals surface area contributed by atoms with Gasteiger partial charge in [-0.15, -0.1) is 23.2 Å². The van der Waals surface area contributed by atoms with Crippen LogP contribution >= 0.6 is 35.3 Å². The number of alkyl halides is 2. The summed E-state index contributed by atoms with van der Waals surface area (Å²) < 4.78 is 11.0. The summed E-state index contributed by atoms with van der Waals surface area (Å²) in [5, 5.41) is 0. The average Bonchev–Trinajstić information content (AvgIpc) is 1.35. The van der Waals surface area contributed by atoms with E-state index in [1.807, 2.05) is 0 Å². The molecule has 0 spiro atoms. The van der Waals surface area contributed by atoms with Gasteiger partial charge >= 0.3 is 0 Å². The van der Waals surface area contributed by atoms with Crippen molar-refractivity contribution in [3.63, 3.8) is 0 Å². The first-order chi connectivity index (χ1) is 2.77. The SMILES string of the molecule is FSCC(Cl)Cl. The van der Waals surface area contributed by atoms with Crippen molar-refractivity contribution in [2.75, 3.05) is 5.75 Å². The molecule has 0 aliphatic heterocycles. The van der Waals surface area contributed by atoms with E-state index in [0.29, 0.717) is 0 Å². The van der Waals surface area contributed by atoms with Crippen molar-refractivity contribution < 1.29 is 3.89 Å². The van der Waals surface area contributed by atoms with Crippen molar-refractivity contribution in [3.8, 4) is 0 Å². The quantitative estimate of drug-likeness (QED) is 0.543. The Bertz CT molecular complexity index is 32.7. The lowest BCUT2D eigenvalue weighted by molar-refractivity contribution is 0.934. The third kappa shape index (κ3) is 4.86. The van der Waals surface area contributed by atoms with E-state index in [9.17, 15) is 3.89 Å². The molecule has 4 heteroatoms. The molecule has 0 unspecified atom stereocenters. The Morgan fingerprint density at radius 3 is 2.17 bits per heavy atom. The molecule has 0 nitrogen and oxygen atoms in total. The van der Waals surface area contributed by atoms with E-state index in [2.05, 4.69) is 0 Å². The smallest absolute Gasteiger partial charge is 0.119 e. The zero-order valence-corrected chi connectivity index (χ0v) is 5.15. The summed E-state index contributed by atoms with van der Waals surface area (Å²) in [6.45, 7) is 0. The van der Waals surface area contributed by atoms with Gasteiger partial charge in [-0.25, -0.2) is 0 Å². The molecule has 0 N–H and O–H groups in total. The van der Waals surface area contributed by atoms with Crippen LogP contribution in [-0.2, 0) is 0 Å². The molecule has 0 amide bonds. The summed E-state index contributed by atoms with van der Waals surface area (Å²) in [6, 6.07) is 0. The Balaban J connectivity index is 2.63. The van der Waals surface area contributed by atoms with Crippen LogP contribution in [0.1, 0.15) is 0 Å². The summed E-state index contributed by atoms with van der Waals surface area (Å²) in [5.74, 6) is 0.156. The zero-order chi connectivity index (χ0) is 4.99. The van der Waals surface area contributed by atoms with Gasteiger partial charge in [0.25, 0.3) is 0 Å². The predicted octanol–water partition coefficient (Wildman–Crippen LogP) is 2.41.